The van der Waals surface area contributed by atoms with Crippen LogP contribution in [0.2, 0.25) is 0 Å². The zero-order valence-electron chi connectivity index (χ0n) is 19.0. The maximum atomic E-state index is 12.8. The molecule has 1 atom stereocenters. The normalized spacial score (nSPS) is 19.2. The Morgan fingerprint density at radius 1 is 1.06 bits per heavy atom. The second-order valence-corrected chi connectivity index (χ2v) is 9.83. The first-order valence-corrected chi connectivity index (χ1v) is 12.7. The number of thioether (sulfide) groups is 1. The third-order valence-electron chi connectivity index (χ3n) is 6.36. The van der Waals surface area contributed by atoms with Gasteiger partial charge >= 0.3 is 0 Å². The maximum Gasteiger partial charge on any atom is 0.295 e. The molecule has 0 N–H and O–H groups in total. The number of ether oxygens (including phenoxy) is 1. The number of hydrogen-bond acceptors (Lipinski definition) is 6. The molecule has 2 aromatic rings. The third kappa shape index (κ3) is 5.82. The number of benzene rings is 1. The monoisotopic (exact) mass is 466 g/mol. The van der Waals surface area contributed by atoms with Crippen molar-refractivity contribution >= 4 is 28.8 Å². The molecular formula is C26H30N2O4S. The van der Waals surface area contributed by atoms with Crippen molar-refractivity contribution in [2.75, 3.05) is 6.61 Å². The lowest BCUT2D eigenvalue weighted by Crippen LogP contribution is -2.41. The summed E-state index contributed by atoms with van der Waals surface area (Å²) in [6.45, 7) is 2.64. The van der Waals surface area contributed by atoms with E-state index in [0.29, 0.717) is 13.0 Å². The van der Waals surface area contributed by atoms with Gasteiger partial charge in [0, 0.05) is 24.2 Å². The molecule has 0 bridgehead atoms. The molecule has 1 unspecified atom stereocenters. The van der Waals surface area contributed by atoms with Gasteiger partial charge in [-0.25, -0.2) is 4.90 Å². The highest BCUT2D eigenvalue weighted by Crippen LogP contribution is 2.34. The van der Waals surface area contributed by atoms with Crippen molar-refractivity contribution in [3.05, 3.63) is 59.4 Å². The van der Waals surface area contributed by atoms with E-state index in [-0.39, 0.29) is 17.7 Å². The minimum Gasteiger partial charge on any atom is -0.493 e. The van der Waals surface area contributed by atoms with Gasteiger partial charge in [-0.2, -0.15) is 0 Å². The maximum absolute atomic E-state index is 12.8. The number of amides is 3. The Balaban J connectivity index is 1.28. The number of carbonyl (C=O) groups is 3. The molecule has 1 aromatic heterocycles. The minimum atomic E-state index is -0.547. The van der Waals surface area contributed by atoms with Gasteiger partial charge in [0.1, 0.15) is 5.75 Å². The first-order valence-electron chi connectivity index (χ1n) is 11.8. The number of imide groups is 3. The SMILES string of the molecule is CCc1ccc(CCOc2ccc(CC3SC(=O)N(C(=O)C4CCCCC4)C3=O)cc2)nc1. The third-order valence-corrected chi connectivity index (χ3v) is 7.40. The predicted octanol–water partition coefficient (Wildman–Crippen LogP) is 4.98. The molecule has 7 heteroatoms. The lowest BCUT2D eigenvalue weighted by atomic mass is 9.88. The van der Waals surface area contributed by atoms with E-state index in [4.69, 9.17) is 4.74 Å². The van der Waals surface area contributed by atoms with Crippen LogP contribution < -0.4 is 4.74 Å². The summed E-state index contributed by atoms with van der Waals surface area (Å²) in [6, 6.07) is 11.7. The molecule has 1 saturated heterocycles. The molecule has 174 valence electrons. The number of nitrogens with zero attached hydrogens (tertiary/aromatic N) is 2. The average molecular weight is 467 g/mol. The summed E-state index contributed by atoms with van der Waals surface area (Å²) < 4.78 is 5.83. The van der Waals surface area contributed by atoms with Gasteiger partial charge in [-0.15, -0.1) is 0 Å². The Hall–Kier alpha value is -2.67. The first-order chi connectivity index (χ1) is 16.0. The molecule has 3 amide bonds. The number of rotatable bonds is 8. The summed E-state index contributed by atoms with van der Waals surface area (Å²) in [6.07, 6.45) is 8.65. The van der Waals surface area contributed by atoms with Crippen LogP contribution in [0.1, 0.15) is 55.8 Å². The van der Waals surface area contributed by atoms with Crippen molar-refractivity contribution in [1.29, 1.82) is 0 Å². The molecule has 33 heavy (non-hydrogen) atoms. The van der Waals surface area contributed by atoms with Gasteiger partial charge in [0.25, 0.3) is 11.1 Å². The molecule has 0 spiro atoms. The minimum absolute atomic E-state index is 0.192. The zero-order valence-corrected chi connectivity index (χ0v) is 19.8. The van der Waals surface area contributed by atoms with E-state index in [1.54, 1.807) is 0 Å². The molecule has 2 fully saturated rings. The number of hydrogen-bond donors (Lipinski definition) is 0. The van der Waals surface area contributed by atoms with E-state index in [9.17, 15) is 14.4 Å². The van der Waals surface area contributed by atoms with Crippen LogP contribution >= 0.6 is 11.8 Å². The van der Waals surface area contributed by atoms with E-state index in [1.165, 1.54) is 5.56 Å². The van der Waals surface area contributed by atoms with Crippen molar-refractivity contribution in [2.45, 2.75) is 63.5 Å². The highest BCUT2D eigenvalue weighted by Gasteiger charge is 2.45. The highest BCUT2D eigenvalue weighted by atomic mass is 32.2. The van der Waals surface area contributed by atoms with Crippen molar-refractivity contribution in [3.8, 4) is 5.75 Å². The smallest absolute Gasteiger partial charge is 0.295 e. The van der Waals surface area contributed by atoms with Gasteiger partial charge < -0.3 is 4.74 Å². The lowest BCUT2D eigenvalue weighted by molar-refractivity contribution is -0.142. The van der Waals surface area contributed by atoms with Crippen LogP contribution in [0.4, 0.5) is 4.79 Å². The Bertz CT molecular complexity index is 984. The van der Waals surface area contributed by atoms with E-state index >= 15 is 0 Å². The molecule has 6 nitrogen and oxygen atoms in total. The van der Waals surface area contributed by atoms with Crippen LogP contribution in [-0.4, -0.2) is 38.8 Å². The van der Waals surface area contributed by atoms with Gasteiger partial charge in [0.2, 0.25) is 5.91 Å². The predicted molar refractivity (Wildman–Crippen MR) is 128 cm³/mol. The van der Waals surface area contributed by atoms with Crippen molar-refractivity contribution < 1.29 is 19.1 Å². The number of pyridine rings is 1. The van der Waals surface area contributed by atoms with Crippen LogP contribution in [-0.2, 0) is 28.9 Å². The molecule has 4 rings (SSSR count). The molecule has 2 heterocycles. The summed E-state index contributed by atoms with van der Waals surface area (Å²) in [5.74, 6) is -0.119. The Labute approximate surface area is 199 Å². The topological polar surface area (TPSA) is 76.6 Å². The van der Waals surface area contributed by atoms with Crippen LogP contribution in [0.15, 0.2) is 42.6 Å². The lowest BCUT2D eigenvalue weighted by Gasteiger charge is -2.23. The largest absolute Gasteiger partial charge is 0.493 e. The second-order valence-electron chi connectivity index (χ2n) is 8.68. The number of aryl methyl sites for hydroxylation is 1. The zero-order chi connectivity index (χ0) is 23.2. The Morgan fingerprint density at radius 2 is 1.79 bits per heavy atom. The summed E-state index contributed by atoms with van der Waals surface area (Å²) in [5, 5.41) is -0.977. The van der Waals surface area contributed by atoms with Crippen molar-refractivity contribution in [1.82, 2.24) is 9.88 Å². The highest BCUT2D eigenvalue weighted by molar-refractivity contribution is 8.15. The molecule has 1 aromatic carbocycles. The van der Waals surface area contributed by atoms with Gasteiger partial charge in [-0.05, 0) is 55.0 Å². The van der Waals surface area contributed by atoms with Crippen molar-refractivity contribution in [2.24, 2.45) is 5.92 Å². The van der Waals surface area contributed by atoms with Gasteiger partial charge in [-0.1, -0.05) is 56.1 Å². The number of aromatic nitrogens is 1. The fraction of sp³-hybridized carbons (Fsp3) is 0.462. The molecule has 1 aliphatic carbocycles. The molecule has 0 radical (unpaired) electrons. The van der Waals surface area contributed by atoms with Gasteiger partial charge in [0.05, 0.1) is 11.9 Å². The second kappa shape index (κ2) is 11.0. The summed E-state index contributed by atoms with van der Waals surface area (Å²) in [7, 11) is 0. The fourth-order valence-corrected chi connectivity index (χ4v) is 5.35. The Kier molecular flexibility index (Phi) is 7.81. The molecule has 2 aliphatic rings. The molecule has 1 aliphatic heterocycles. The molecular weight excluding hydrogens is 436 g/mol. The van der Waals surface area contributed by atoms with E-state index < -0.39 is 10.5 Å². The van der Waals surface area contributed by atoms with Gasteiger partial charge in [-0.3, -0.25) is 19.4 Å². The van der Waals surface area contributed by atoms with Crippen LogP contribution in [0.3, 0.4) is 0 Å². The Morgan fingerprint density at radius 3 is 2.45 bits per heavy atom. The van der Waals surface area contributed by atoms with Gasteiger partial charge in [0.15, 0.2) is 0 Å². The number of carbonyl (C=O) groups excluding carboxylic acids is 3. The summed E-state index contributed by atoms with van der Waals surface area (Å²) >= 11 is 0.966. The fourth-order valence-electron chi connectivity index (χ4n) is 4.34. The standard InChI is InChI=1S/C26H30N2O4S/c1-2-18-8-11-21(27-17-18)14-15-32-22-12-9-19(10-13-22)16-23-25(30)28(26(31)33-23)24(29)20-6-4-3-5-7-20/h8-13,17,20,23H,2-7,14-16H2,1H3. The first kappa shape index (κ1) is 23.5. The van der Waals surface area contributed by atoms with E-state index in [2.05, 4.69) is 18.0 Å². The van der Waals surface area contributed by atoms with Crippen LogP contribution in [0.5, 0.6) is 5.75 Å². The van der Waals surface area contributed by atoms with Crippen molar-refractivity contribution in [3.63, 3.8) is 0 Å². The summed E-state index contributed by atoms with van der Waals surface area (Å²) in [5.41, 5.74) is 3.15. The van der Waals surface area contributed by atoms with E-state index in [1.807, 2.05) is 36.5 Å². The molecule has 1 saturated carbocycles. The van der Waals surface area contributed by atoms with E-state index in [0.717, 1.165) is 78.6 Å². The quantitative estimate of drug-likeness (QED) is 0.511. The summed E-state index contributed by atoms with van der Waals surface area (Å²) in [4.78, 5) is 43.3. The average Bonchev–Trinajstić information content (AvgIpc) is 3.13. The van der Waals surface area contributed by atoms with Crippen LogP contribution in [0.25, 0.3) is 0 Å². The van der Waals surface area contributed by atoms with Crippen LogP contribution in [0, 0.1) is 5.92 Å².